The minimum absolute atomic E-state index is 0.317. The van der Waals surface area contributed by atoms with Crippen LogP contribution < -0.4 is 11.1 Å². The summed E-state index contributed by atoms with van der Waals surface area (Å²) < 4.78 is 0. The third kappa shape index (κ3) is 2.73. The third-order valence-electron chi connectivity index (χ3n) is 2.83. The second-order valence-electron chi connectivity index (χ2n) is 4.19. The molecule has 18 heavy (non-hydrogen) atoms. The van der Waals surface area contributed by atoms with Crippen LogP contribution in [0.5, 0.6) is 0 Å². The Bertz CT molecular complexity index is 484. The van der Waals surface area contributed by atoms with Crippen molar-refractivity contribution in [2.45, 2.75) is 12.8 Å². The Morgan fingerprint density at radius 3 is 2.56 bits per heavy atom. The number of amides is 2. The van der Waals surface area contributed by atoms with Crippen molar-refractivity contribution in [2.24, 2.45) is 0 Å². The first kappa shape index (κ1) is 12.7. The minimum atomic E-state index is -0.663. The first-order valence-corrected chi connectivity index (χ1v) is 6.11. The Morgan fingerprint density at radius 1 is 1.28 bits per heavy atom. The molecule has 1 saturated heterocycles. The molecule has 1 heterocycles. The number of benzene rings is 1. The van der Waals surface area contributed by atoms with Gasteiger partial charge in [0.05, 0.1) is 10.7 Å². The number of halogens is 1. The highest BCUT2D eigenvalue weighted by Crippen LogP contribution is 2.24. The van der Waals surface area contributed by atoms with Crippen molar-refractivity contribution in [3.05, 3.63) is 23.2 Å². The summed E-state index contributed by atoms with van der Waals surface area (Å²) in [6.45, 7) is 1.28. The molecule has 0 aliphatic carbocycles. The van der Waals surface area contributed by atoms with E-state index in [9.17, 15) is 9.59 Å². The van der Waals surface area contributed by atoms with Crippen molar-refractivity contribution in [2.75, 3.05) is 24.1 Å². The van der Waals surface area contributed by atoms with E-state index in [0.717, 1.165) is 12.8 Å². The molecular formula is C12H14ClN3O2. The number of nitrogen functional groups attached to an aromatic ring is 1. The molecule has 0 spiro atoms. The highest BCUT2D eigenvalue weighted by Gasteiger charge is 2.24. The highest BCUT2D eigenvalue weighted by molar-refractivity contribution is 6.41. The number of anilines is 2. The van der Waals surface area contributed by atoms with Crippen LogP contribution in [-0.2, 0) is 9.59 Å². The lowest BCUT2D eigenvalue weighted by atomic mass is 10.3. The number of nitrogens with two attached hydrogens (primary N) is 1. The molecule has 1 aliphatic heterocycles. The van der Waals surface area contributed by atoms with Crippen LogP contribution >= 0.6 is 11.6 Å². The first-order chi connectivity index (χ1) is 8.58. The average Bonchev–Trinajstić information content (AvgIpc) is 2.85. The summed E-state index contributed by atoms with van der Waals surface area (Å²) in [6, 6.07) is 4.71. The summed E-state index contributed by atoms with van der Waals surface area (Å²) in [5, 5.41) is 2.81. The maximum absolute atomic E-state index is 11.8. The van der Waals surface area contributed by atoms with Crippen LogP contribution in [0.3, 0.4) is 0 Å². The smallest absolute Gasteiger partial charge is 0.313 e. The second-order valence-corrected chi connectivity index (χ2v) is 4.60. The molecule has 3 N–H and O–H groups in total. The summed E-state index contributed by atoms with van der Waals surface area (Å²) >= 11 is 5.92. The zero-order chi connectivity index (χ0) is 13.1. The van der Waals surface area contributed by atoms with E-state index in [-0.39, 0.29) is 0 Å². The molecular weight excluding hydrogens is 254 g/mol. The number of carbonyl (C=O) groups excluding carboxylic acids is 2. The summed E-state index contributed by atoms with van der Waals surface area (Å²) in [6.07, 6.45) is 1.89. The number of nitrogens with one attached hydrogen (secondary N) is 1. The van der Waals surface area contributed by atoms with Crippen molar-refractivity contribution in [1.29, 1.82) is 0 Å². The van der Waals surface area contributed by atoms with Gasteiger partial charge in [-0.3, -0.25) is 9.59 Å². The number of hydrogen-bond donors (Lipinski definition) is 2. The molecule has 6 heteroatoms. The largest absolute Gasteiger partial charge is 0.399 e. The van der Waals surface area contributed by atoms with Gasteiger partial charge in [0, 0.05) is 18.8 Å². The van der Waals surface area contributed by atoms with Crippen LogP contribution in [0.25, 0.3) is 0 Å². The van der Waals surface area contributed by atoms with Crippen LogP contribution in [-0.4, -0.2) is 29.8 Å². The van der Waals surface area contributed by atoms with E-state index in [0.29, 0.717) is 29.5 Å². The van der Waals surface area contributed by atoms with Crippen LogP contribution in [0.4, 0.5) is 11.4 Å². The predicted octanol–water partition coefficient (Wildman–Crippen LogP) is 1.48. The molecule has 0 saturated carbocycles. The standard InChI is InChI=1S/C12H14ClN3O2/c13-9-7-8(14)3-4-10(9)15-11(17)12(18)16-5-1-2-6-16/h3-4,7H,1-2,5-6,14H2,(H,15,17). The van der Waals surface area contributed by atoms with E-state index in [2.05, 4.69) is 5.32 Å². The van der Waals surface area contributed by atoms with Gasteiger partial charge in [-0.05, 0) is 31.0 Å². The maximum atomic E-state index is 11.8. The van der Waals surface area contributed by atoms with Gasteiger partial charge in [0.25, 0.3) is 0 Å². The molecule has 0 atom stereocenters. The topological polar surface area (TPSA) is 75.4 Å². The molecule has 1 fully saturated rings. The zero-order valence-electron chi connectivity index (χ0n) is 9.78. The van der Waals surface area contributed by atoms with E-state index in [4.69, 9.17) is 17.3 Å². The Morgan fingerprint density at radius 2 is 1.94 bits per heavy atom. The van der Waals surface area contributed by atoms with Crippen molar-refractivity contribution in [3.8, 4) is 0 Å². The maximum Gasteiger partial charge on any atom is 0.313 e. The van der Waals surface area contributed by atoms with Gasteiger partial charge < -0.3 is 16.0 Å². The van der Waals surface area contributed by atoms with E-state index in [1.807, 2.05) is 0 Å². The lowest BCUT2D eigenvalue weighted by Gasteiger charge is -2.15. The fourth-order valence-corrected chi connectivity index (χ4v) is 2.11. The Kier molecular flexibility index (Phi) is 3.72. The number of hydrogen-bond acceptors (Lipinski definition) is 3. The number of carbonyl (C=O) groups is 2. The third-order valence-corrected chi connectivity index (χ3v) is 3.14. The lowest BCUT2D eigenvalue weighted by Crippen LogP contribution is -2.37. The summed E-state index contributed by atoms with van der Waals surface area (Å²) in [4.78, 5) is 25.1. The van der Waals surface area contributed by atoms with E-state index in [1.165, 1.54) is 6.07 Å². The number of rotatable bonds is 1. The SMILES string of the molecule is Nc1ccc(NC(=O)C(=O)N2CCCC2)c(Cl)c1. The minimum Gasteiger partial charge on any atom is -0.399 e. The Balaban J connectivity index is 2.04. The number of nitrogens with zero attached hydrogens (tertiary/aromatic N) is 1. The van der Waals surface area contributed by atoms with E-state index in [1.54, 1.807) is 17.0 Å². The molecule has 5 nitrogen and oxygen atoms in total. The Labute approximate surface area is 110 Å². The highest BCUT2D eigenvalue weighted by atomic mass is 35.5. The van der Waals surface area contributed by atoms with Gasteiger partial charge in [0.15, 0.2) is 0 Å². The molecule has 1 aromatic carbocycles. The quantitative estimate of drug-likeness (QED) is 0.598. The first-order valence-electron chi connectivity index (χ1n) is 5.73. The molecule has 2 rings (SSSR count). The predicted molar refractivity (Wildman–Crippen MR) is 70.3 cm³/mol. The lowest BCUT2D eigenvalue weighted by molar-refractivity contribution is -0.142. The normalized spacial score (nSPS) is 14.6. The van der Waals surface area contributed by atoms with Gasteiger partial charge in [-0.15, -0.1) is 0 Å². The van der Waals surface area contributed by atoms with Crippen molar-refractivity contribution in [1.82, 2.24) is 4.90 Å². The molecule has 0 bridgehead atoms. The monoisotopic (exact) mass is 267 g/mol. The van der Waals surface area contributed by atoms with Gasteiger partial charge in [0.1, 0.15) is 0 Å². The number of likely N-dealkylation sites (tertiary alicyclic amines) is 1. The van der Waals surface area contributed by atoms with Gasteiger partial charge in [-0.1, -0.05) is 11.6 Å². The van der Waals surface area contributed by atoms with Gasteiger partial charge in [-0.2, -0.15) is 0 Å². The van der Waals surface area contributed by atoms with Crippen LogP contribution in [0, 0.1) is 0 Å². The molecule has 0 radical (unpaired) electrons. The van der Waals surface area contributed by atoms with Crippen LogP contribution in [0.15, 0.2) is 18.2 Å². The van der Waals surface area contributed by atoms with Crippen LogP contribution in [0.1, 0.15) is 12.8 Å². The molecule has 1 aromatic rings. The van der Waals surface area contributed by atoms with Crippen molar-refractivity contribution in [3.63, 3.8) is 0 Å². The Hall–Kier alpha value is -1.75. The average molecular weight is 268 g/mol. The molecule has 1 aliphatic rings. The summed E-state index contributed by atoms with van der Waals surface area (Å²) in [5.41, 5.74) is 6.44. The zero-order valence-corrected chi connectivity index (χ0v) is 10.5. The fraction of sp³-hybridized carbons (Fsp3) is 0.333. The molecule has 0 aromatic heterocycles. The van der Waals surface area contributed by atoms with Crippen molar-refractivity contribution >= 4 is 34.8 Å². The van der Waals surface area contributed by atoms with Gasteiger partial charge >= 0.3 is 11.8 Å². The summed E-state index contributed by atoms with van der Waals surface area (Å²) in [7, 11) is 0. The van der Waals surface area contributed by atoms with Crippen molar-refractivity contribution < 1.29 is 9.59 Å². The van der Waals surface area contributed by atoms with Gasteiger partial charge in [-0.25, -0.2) is 0 Å². The molecule has 2 amide bonds. The molecule has 96 valence electrons. The summed E-state index contributed by atoms with van der Waals surface area (Å²) in [5.74, 6) is -1.18. The second kappa shape index (κ2) is 5.27. The van der Waals surface area contributed by atoms with Crippen LogP contribution in [0.2, 0.25) is 5.02 Å². The van der Waals surface area contributed by atoms with E-state index < -0.39 is 11.8 Å². The fourth-order valence-electron chi connectivity index (χ4n) is 1.87. The van der Waals surface area contributed by atoms with Gasteiger partial charge in [0.2, 0.25) is 0 Å². The molecule has 0 unspecified atom stereocenters. The van der Waals surface area contributed by atoms with E-state index >= 15 is 0 Å².